The van der Waals surface area contributed by atoms with Crippen LogP contribution in [0.5, 0.6) is 17.2 Å². The summed E-state index contributed by atoms with van der Waals surface area (Å²) in [5.41, 5.74) is 0.968. The molecular weight excluding hydrogens is 432 g/mol. The molecule has 0 bridgehead atoms. The quantitative estimate of drug-likeness (QED) is 0.501. The van der Waals surface area contributed by atoms with Gasteiger partial charge in [0.15, 0.2) is 0 Å². The van der Waals surface area contributed by atoms with Crippen LogP contribution in [-0.4, -0.2) is 35.2 Å². The monoisotopic (exact) mass is 456 g/mol. The van der Waals surface area contributed by atoms with E-state index in [1.807, 2.05) is 6.92 Å². The molecule has 1 amide bonds. The molecule has 0 aliphatic carbocycles. The molecule has 0 radical (unpaired) electrons. The van der Waals surface area contributed by atoms with Crippen molar-refractivity contribution in [3.05, 3.63) is 72.3 Å². The second-order valence-corrected chi connectivity index (χ2v) is 8.23. The molecule has 0 unspecified atom stereocenters. The van der Waals surface area contributed by atoms with E-state index < -0.39 is 15.9 Å². The molecular formula is C23H24N2O6S. The molecule has 8 nitrogen and oxygen atoms in total. The Balaban J connectivity index is 1.87. The minimum atomic E-state index is -4.01. The minimum absolute atomic E-state index is 0.119. The van der Waals surface area contributed by atoms with Gasteiger partial charge in [0.1, 0.15) is 22.1 Å². The Labute approximate surface area is 187 Å². The second-order valence-electron chi connectivity index (χ2n) is 6.58. The fourth-order valence-electron chi connectivity index (χ4n) is 2.99. The molecule has 0 aliphatic rings. The number of anilines is 2. The van der Waals surface area contributed by atoms with Crippen LogP contribution in [0.15, 0.2) is 71.6 Å². The fourth-order valence-corrected chi connectivity index (χ4v) is 4.25. The molecule has 0 aromatic heterocycles. The van der Waals surface area contributed by atoms with E-state index in [-0.39, 0.29) is 16.3 Å². The zero-order valence-electron chi connectivity index (χ0n) is 17.9. The first kappa shape index (κ1) is 23.0. The molecule has 9 heteroatoms. The van der Waals surface area contributed by atoms with E-state index in [0.29, 0.717) is 29.4 Å². The van der Waals surface area contributed by atoms with Crippen molar-refractivity contribution in [3.63, 3.8) is 0 Å². The fraction of sp³-hybridized carbons (Fsp3) is 0.174. The van der Waals surface area contributed by atoms with Crippen LogP contribution in [0.4, 0.5) is 11.4 Å². The number of methoxy groups -OCH3 is 2. The van der Waals surface area contributed by atoms with Crippen LogP contribution in [-0.2, 0) is 10.0 Å². The molecule has 168 valence electrons. The van der Waals surface area contributed by atoms with Crippen LogP contribution in [0.1, 0.15) is 17.3 Å². The summed E-state index contributed by atoms with van der Waals surface area (Å²) >= 11 is 0. The van der Waals surface area contributed by atoms with Gasteiger partial charge in [-0.1, -0.05) is 12.1 Å². The summed E-state index contributed by atoms with van der Waals surface area (Å²) in [6.45, 7) is 2.37. The number of nitrogens with one attached hydrogen (secondary N) is 2. The normalized spacial score (nSPS) is 10.8. The summed E-state index contributed by atoms with van der Waals surface area (Å²) in [5.74, 6) is 0.742. The van der Waals surface area contributed by atoms with E-state index in [4.69, 9.17) is 14.2 Å². The van der Waals surface area contributed by atoms with Gasteiger partial charge in [0.25, 0.3) is 15.9 Å². The average molecular weight is 457 g/mol. The number of carbonyl (C=O) groups is 1. The van der Waals surface area contributed by atoms with E-state index >= 15 is 0 Å². The Bertz CT molecular complexity index is 1190. The van der Waals surface area contributed by atoms with Gasteiger partial charge in [-0.15, -0.1) is 0 Å². The third-order valence-electron chi connectivity index (χ3n) is 4.48. The van der Waals surface area contributed by atoms with Crippen molar-refractivity contribution < 1.29 is 27.4 Å². The minimum Gasteiger partial charge on any atom is -0.496 e. The Morgan fingerprint density at radius 3 is 2.19 bits per heavy atom. The molecule has 0 fully saturated rings. The van der Waals surface area contributed by atoms with Crippen molar-refractivity contribution in [1.82, 2.24) is 0 Å². The number of hydrogen-bond donors (Lipinski definition) is 2. The Hall–Kier alpha value is -3.72. The highest BCUT2D eigenvalue weighted by Crippen LogP contribution is 2.30. The largest absolute Gasteiger partial charge is 0.496 e. The smallest absolute Gasteiger partial charge is 0.265 e. The van der Waals surface area contributed by atoms with Gasteiger partial charge in [0.05, 0.1) is 26.4 Å². The van der Waals surface area contributed by atoms with Crippen LogP contribution < -0.4 is 24.2 Å². The van der Waals surface area contributed by atoms with Crippen LogP contribution in [0.25, 0.3) is 0 Å². The van der Waals surface area contributed by atoms with E-state index in [0.717, 1.165) is 0 Å². The molecule has 0 saturated carbocycles. The molecule has 3 aromatic carbocycles. The predicted molar refractivity (Wildman–Crippen MR) is 122 cm³/mol. The summed E-state index contributed by atoms with van der Waals surface area (Å²) in [5, 5.41) is 2.70. The van der Waals surface area contributed by atoms with Gasteiger partial charge in [-0.05, 0) is 61.5 Å². The van der Waals surface area contributed by atoms with E-state index in [1.165, 1.54) is 26.4 Å². The number of rotatable bonds is 9. The van der Waals surface area contributed by atoms with E-state index in [9.17, 15) is 13.2 Å². The van der Waals surface area contributed by atoms with Crippen molar-refractivity contribution >= 4 is 27.3 Å². The Kier molecular flexibility index (Phi) is 7.21. The highest BCUT2D eigenvalue weighted by atomic mass is 32.2. The predicted octanol–water partition coefficient (Wildman–Crippen LogP) is 4.16. The molecule has 0 spiro atoms. The average Bonchev–Trinajstić information content (AvgIpc) is 2.80. The first-order chi connectivity index (χ1) is 15.4. The second kappa shape index (κ2) is 10.1. The first-order valence-electron chi connectivity index (χ1n) is 9.76. The van der Waals surface area contributed by atoms with Crippen LogP contribution >= 0.6 is 0 Å². The van der Waals surface area contributed by atoms with Crippen molar-refractivity contribution in [1.29, 1.82) is 0 Å². The SMILES string of the molecule is CCOc1ccc(NS(=O)(=O)c2cc(NC(=O)c3ccccc3OC)ccc2OC)cc1. The number of benzene rings is 3. The summed E-state index contributed by atoms with van der Waals surface area (Å²) in [4.78, 5) is 12.6. The lowest BCUT2D eigenvalue weighted by atomic mass is 10.2. The number of ether oxygens (including phenoxy) is 3. The maximum absolute atomic E-state index is 13.0. The van der Waals surface area contributed by atoms with Crippen molar-refractivity contribution in [3.8, 4) is 17.2 Å². The summed E-state index contributed by atoms with van der Waals surface area (Å²) in [6.07, 6.45) is 0. The number of amides is 1. The summed E-state index contributed by atoms with van der Waals surface area (Å²) < 4.78 is 44.4. The third kappa shape index (κ3) is 5.30. The van der Waals surface area contributed by atoms with Crippen molar-refractivity contribution in [2.45, 2.75) is 11.8 Å². The van der Waals surface area contributed by atoms with Crippen LogP contribution in [0.3, 0.4) is 0 Å². The van der Waals surface area contributed by atoms with Gasteiger partial charge in [-0.2, -0.15) is 0 Å². The Morgan fingerprint density at radius 1 is 0.875 bits per heavy atom. The standard InChI is InChI=1S/C23H24N2O6S/c1-4-31-18-12-9-16(10-13-18)25-32(27,28)22-15-17(11-14-21(22)30-3)24-23(26)19-7-5-6-8-20(19)29-2/h5-15,25H,4H2,1-3H3,(H,24,26). The maximum Gasteiger partial charge on any atom is 0.265 e. The zero-order chi connectivity index (χ0) is 23.1. The lowest BCUT2D eigenvalue weighted by molar-refractivity contribution is 0.102. The molecule has 3 aromatic rings. The van der Waals surface area contributed by atoms with Gasteiger partial charge in [0.2, 0.25) is 0 Å². The Morgan fingerprint density at radius 2 is 1.53 bits per heavy atom. The lowest BCUT2D eigenvalue weighted by Gasteiger charge is -2.14. The number of hydrogen-bond acceptors (Lipinski definition) is 6. The topological polar surface area (TPSA) is 103 Å². The molecule has 0 aliphatic heterocycles. The van der Waals surface area contributed by atoms with Gasteiger partial charge in [0, 0.05) is 11.4 Å². The maximum atomic E-state index is 13.0. The summed E-state index contributed by atoms with van der Waals surface area (Å²) in [6, 6.07) is 17.6. The van der Waals surface area contributed by atoms with Gasteiger partial charge >= 0.3 is 0 Å². The highest BCUT2D eigenvalue weighted by Gasteiger charge is 2.21. The number of para-hydroxylation sites is 1. The van der Waals surface area contributed by atoms with Crippen molar-refractivity contribution in [2.75, 3.05) is 30.9 Å². The van der Waals surface area contributed by atoms with Gasteiger partial charge in [-0.3, -0.25) is 9.52 Å². The molecule has 0 saturated heterocycles. The van der Waals surface area contributed by atoms with Crippen LogP contribution in [0.2, 0.25) is 0 Å². The van der Waals surface area contributed by atoms with E-state index in [1.54, 1.807) is 54.6 Å². The van der Waals surface area contributed by atoms with E-state index in [2.05, 4.69) is 10.0 Å². The molecule has 32 heavy (non-hydrogen) atoms. The first-order valence-corrected chi connectivity index (χ1v) is 11.2. The molecule has 2 N–H and O–H groups in total. The lowest BCUT2D eigenvalue weighted by Crippen LogP contribution is -2.16. The molecule has 3 rings (SSSR count). The number of carbonyl (C=O) groups excluding carboxylic acids is 1. The number of sulfonamides is 1. The van der Waals surface area contributed by atoms with Gasteiger partial charge < -0.3 is 19.5 Å². The van der Waals surface area contributed by atoms with Crippen molar-refractivity contribution in [2.24, 2.45) is 0 Å². The van der Waals surface area contributed by atoms with Crippen LogP contribution in [0, 0.1) is 0 Å². The molecule has 0 heterocycles. The third-order valence-corrected chi connectivity index (χ3v) is 5.88. The highest BCUT2D eigenvalue weighted by molar-refractivity contribution is 7.92. The summed E-state index contributed by atoms with van der Waals surface area (Å²) in [7, 11) is -1.17. The van der Waals surface area contributed by atoms with Gasteiger partial charge in [-0.25, -0.2) is 8.42 Å². The zero-order valence-corrected chi connectivity index (χ0v) is 18.7. The molecule has 0 atom stereocenters.